The third-order valence-corrected chi connectivity index (χ3v) is 17.3. The Morgan fingerprint density at radius 3 is 1.42 bits per heavy atom. The highest BCUT2D eigenvalue weighted by molar-refractivity contribution is 14.1. The summed E-state index contributed by atoms with van der Waals surface area (Å²) in [5.41, 5.74) is 31.5. The first kappa shape index (κ1) is 102. The van der Waals surface area contributed by atoms with E-state index < -0.39 is 26.8 Å². The van der Waals surface area contributed by atoms with Crippen LogP contribution in [-0.4, -0.2) is 190 Å². The predicted molar refractivity (Wildman–Crippen MR) is 464 cm³/mol. The Kier molecular flexibility index (Phi) is 46.7. The van der Waals surface area contributed by atoms with E-state index in [-0.39, 0.29) is 95.9 Å². The molecule has 3 aromatic heterocycles. The predicted octanol–water partition coefficient (Wildman–Crippen LogP) is 9.54. The molecule has 1 atom stereocenters. The quantitative estimate of drug-likeness (QED) is 0.00222. The minimum atomic E-state index is -0.955. The first-order valence-corrected chi connectivity index (χ1v) is 40.5. The molecular formula is C79H109IN18O23. The van der Waals surface area contributed by atoms with Crippen molar-refractivity contribution in [1.29, 1.82) is 0 Å². The lowest BCUT2D eigenvalue weighted by Gasteiger charge is -2.23. The van der Waals surface area contributed by atoms with E-state index in [4.69, 9.17) is 42.3 Å². The number of aliphatic hydroxyl groups excluding tert-OH is 2. The van der Waals surface area contributed by atoms with Crippen LogP contribution in [0.1, 0.15) is 122 Å². The molecule has 2 saturated heterocycles. The second kappa shape index (κ2) is 55.1. The van der Waals surface area contributed by atoms with Crippen molar-refractivity contribution in [3.8, 4) is 0 Å². The van der Waals surface area contributed by atoms with Gasteiger partial charge in [-0.05, 0) is 112 Å². The number of esters is 5. The highest BCUT2D eigenvalue weighted by Gasteiger charge is 2.23. The van der Waals surface area contributed by atoms with Crippen LogP contribution < -0.4 is 43.8 Å². The summed E-state index contributed by atoms with van der Waals surface area (Å²) in [6.45, 7) is 9.62. The highest BCUT2D eigenvalue weighted by atomic mass is 127. The fourth-order valence-electron chi connectivity index (χ4n) is 11.1. The third-order valence-electron chi connectivity index (χ3n) is 17.3. The van der Waals surface area contributed by atoms with Crippen molar-refractivity contribution in [2.24, 2.45) is 26.9 Å². The minimum Gasteiger partial charge on any atom is -0.481 e. The Hall–Kier alpha value is -12.7. The third kappa shape index (κ3) is 37.0. The molecule has 660 valence electrons. The Balaban J connectivity index is 0.000000369. The maximum absolute atomic E-state index is 11.6. The van der Waals surface area contributed by atoms with Gasteiger partial charge >= 0.3 is 35.8 Å². The average Bonchev–Trinajstić information content (AvgIpc) is 1.68. The van der Waals surface area contributed by atoms with Gasteiger partial charge in [0.15, 0.2) is 0 Å². The van der Waals surface area contributed by atoms with Crippen LogP contribution in [-0.2, 0) is 97.7 Å². The number of carboxylic acids is 1. The molecule has 5 aromatic carbocycles. The van der Waals surface area contributed by atoms with Crippen LogP contribution in [0.15, 0.2) is 115 Å². The van der Waals surface area contributed by atoms with Gasteiger partial charge in [-0.1, -0.05) is 28.7 Å². The number of likely N-dealkylation sites (N-methyl/N-ethyl adjacent to an activating group) is 1. The van der Waals surface area contributed by atoms with Gasteiger partial charge in [0.1, 0.15) is 17.5 Å². The number of nitro groups is 4. The molecule has 14 N–H and O–H groups in total. The molecule has 11 rings (SSSR count). The number of halogens is 1. The van der Waals surface area contributed by atoms with Crippen LogP contribution >= 0.6 is 22.6 Å². The van der Waals surface area contributed by atoms with Crippen LogP contribution in [0.2, 0.25) is 0 Å². The van der Waals surface area contributed by atoms with Gasteiger partial charge < -0.3 is 96.5 Å². The Bertz CT molecular complexity index is 4810. The standard InChI is InChI=1S/C18H27N3O4.C14H17N3O4.C14H19N3O2.C12H15N3O5.C7H11N3O2.C6H7N3O2.C5H6O3.C2H4O.CH3I/c1-3-25-18(24)6-4-5-17-19-15-8-7-14(13-16(15)20(17)2)21(9-11-22)10-12-23;1-3-21-14(18)6-4-5-13-15-11-8-7-10(17(19)20)9-12(11)16(13)2;1-3-19-14(18)6-4-5-13-16-11-8-7-10(15)9-12(11)17(13)2;1-13-10-7-8(15(19)20)5-6-9(10)14-11(16)3-2-4-12(17)18;1-9-7-4-5(10(11)12)2-3-6(7)8;7-5-2-1-4(9(10)11)3-6(5)8;6-4-2-1-3-5(7)8-4;1-2-3-1;1-2/h7-8,13,22-23H,3-6,9-12H2,1-2H3;7-9H,3-6H2,1-2H3;7-9H,3-6,15H2,1-2H3;5-7,13H,2-4H2,1H3,(H,14,16)(H,17,18);3-5,9H,2,8H2,1H3;1-3H,7-8H2;1-3H2;1-2H2;1H3. The lowest BCUT2D eigenvalue weighted by Crippen LogP contribution is -2.29. The van der Waals surface area contributed by atoms with Gasteiger partial charge in [0.2, 0.25) is 11.9 Å². The second-order valence-corrected chi connectivity index (χ2v) is 26.0. The van der Waals surface area contributed by atoms with E-state index in [9.17, 15) is 84.2 Å². The summed E-state index contributed by atoms with van der Waals surface area (Å²) in [5, 5.41) is 77.0. The second-order valence-electron chi connectivity index (χ2n) is 26.0. The zero-order chi connectivity index (χ0) is 90.3. The number of alkyl halides is 1. The zero-order valence-corrected chi connectivity index (χ0v) is 71.3. The summed E-state index contributed by atoms with van der Waals surface area (Å²) < 4.78 is 29.3. The van der Waals surface area contributed by atoms with Crippen LogP contribution in [0.3, 0.4) is 0 Å². The van der Waals surface area contributed by atoms with Crippen molar-refractivity contribution in [3.05, 3.63) is 172 Å². The normalized spacial score (nSPS) is 12.6. The molecule has 2 fully saturated rings. The van der Waals surface area contributed by atoms with E-state index in [1.807, 2.05) is 88.0 Å². The van der Waals surface area contributed by atoms with Crippen LogP contribution in [0.25, 0.3) is 33.1 Å². The molecule has 0 saturated carbocycles. The number of amides is 1. The molecule has 1 amide bonds. The zero-order valence-electron chi connectivity index (χ0n) is 69.2. The molecule has 0 radical (unpaired) electrons. The summed E-state index contributed by atoms with van der Waals surface area (Å²) in [7, 11) is 9.02. The number of imidazole rings is 3. The fraction of sp³-hybridized carbons (Fsp3) is 0.443. The first-order chi connectivity index (χ1) is 57.7. The van der Waals surface area contributed by atoms with Gasteiger partial charge in [-0.15, -0.1) is 0 Å². The number of hydrogen-bond acceptors (Lipinski definition) is 32. The largest absolute Gasteiger partial charge is 0.481 e. The van der Waals surface area contributed by atoms with Crippen LogP contribution in [0.5, 0.6) is 0 Å². The van der Waals surface area contributed by atoms with Gasteiger partial charge in [0.05, 0.1) is 128 Å². The molecule has 1 aliphatic carbocycles. The molecule has 2 aliphatic heterocycles. The van der Waals surface area contributed by atoms with Crippen molar-refractivity contribution >= 4 is 149 Å². The molecule has 5 heterocycles. The van der Waals surface area contributed by atoms with Gasteiger partial charge in [-0.25, -0.2) is 15.0 Å². The first-order valence-electron chi connectivity index (χ1n) is 38.4. The number of nitrogens with zero attached hydrogens (tertiary/aromatic N) is 11. The lowest BCUT2D eigenvalue weighted by molar-refractivity contribution is -0.508. The van der Waals surface area contributed by atoms with E-state index >= 15 is 0 Å². The number of nitrogens with two attached hydrogens (primary N) is 4. The average molecular weight is 1810 g/mol. The Labute approximate surface area is 711 Å². The van der Waals surface area contributed by atoms with Crippen molar-refractivity contribution < 1.29 is 92.3 Å². The number of epoxide rings is 1. The number of nitrogens with one attached hydrogen (secondary N) is 3. The van der Waals surface area contributed by atoms with Crippen molar-refractivity contribution in [2.75, 3.05) is 111 Å². The van der Waals surface area contributed by atoms with Gasteiger partial charge in [-0.2, -0.15) is 0 Å². The van der Waals surface area contributed by atoms with Crippen molar-refractivity contribution in [1.82, 2.24) is 34.0 Å². The van der Waals surface area contributed by atoms with E-state index in [1.54, 1.807) is 40.1 Å². The summed E-state index contributed by atoms with van der Waals surface area (Å²) in [6.07, 6.45) is 10.6. The molecule has 41 nitrogen and oxygen atoms in total. The number of cyclic esters (lactones) is 2. The SMILES string of the molecule is C1CO1.CCOC(=O)CCCc1nc2ccc(N(CCO)CCO)cc2n1C.CCOC(=O)CCCc1nc2ccc(N)cc2n1C.CCOC(=O)CCCc1nc2ccc([N+](=O)[O-])cc2n1C.CI.CNC1=CC([N+](=O)[O-])CC=C1N.CNc1cc([N+](=O)[O-])ccc1NC(=O)CCCC(=O)O.Nc1ccc([N+](=O)[O-])cc1N.O=C1CCCC(=O)O1. The fourth-order valence-corrected chi connectivity index (χ4v) is 11.1. The number of benzene rings is 5. The number of hydrogen-bond donors (Lipinski definition) is 10. The topological polar surface area (TPSA) is 599 Å². The number of non-ortho nitro benzene ring substituents is 3. The Morgan fingerprint density at radius 2 is 1.01 bits per heavy atom. The van der Waals surface area contributed by atoms with Gasteiger partial charge in [0, 0.05) is 178 Å². The number of carbonyl (C=O) groups is 7. The number of ether oxygens (including phenoxy) is 5. The monoisotopic (exact) mass is 1800 g/mol. The number of carbonyl (C=O) groups excluding carboxylic acids is 6. The number of carboxylic acid groups (broad SMARTS) is 1. The van der Waals surface area contributed by atoms with Gasteiger partial charge in [-0.3, -0.25) is 74.0 Å². The smallest absolute Gasteiger partial charge is 0.313 e. The molecule has 0 bridgehead atoms. The number of aromatic nitrogens is 6. The molecule has 1 unspecified atom stereocenters. The lowest BCUT2D eigenvalue weighted by atomic mass is 10.1. The summed E-state index contributed by atoms with van der Waals surface area (Å²) >= 11 is 2.15. The number of rotatable bonds is 31. The number of nitrogen functional groups attached to an aromatic ring is 3. The number of aliphatic hydroxyl groups is 2. The molecule has 8 aromatic rings. The van der Waals surface area contributed by atoms with E-state index in [0.29, 0.717) is 138 Å². The molecule has 42 heteroatoms. The minimum absolute atomic E-state index is 0.0303. The molecule has 0 spiro atoms. The summed E-state index contributed by atoms with van der Waals surface area (Å²) in [5.74, 6) is 0.0831. The maximum Gasteiger partial charge on any atom is 0.313 e. The van der Waals surface area contributed by atoms with Crippen molar-refractivity contribution in [2.45, 2.75) is 130 Å². The number of aliphatic carboxylic acids is 1. The Morgan fingerprint density at radius 1 is 0.570 bits per heavy atom. The van der Waals surface area contributed by atoms with E-state index in [2.05, 4.69) is 63.0 Å². The number of anilines is 6. The maximum atomic E-state index is 11.6. The summed E-state index contributed by atoms with van der Waals surface area (Å²) in [6, 6.07) is 23.5. The van der Waals surface area contributed by atoms with Gasteiger partial charge in [0.25, 0.3) is 17.1 Å². The summed E-state index contributed by atoms with van der Waals surface area (Å²) in [4.78, 5) is 134. The number of nitro benzene ring substituents is 3. The number of aryl methyl sites for hydroxylation is 6. The van der Waals surface area contributed by atoms with Crippen LogP contribution in [0, 0.1) is 40.5 Å². The van der Waals surface area contributed by atoms with Crippen molar-refractivity contribution in [3.63, 3.8) is 0 Å². The van der Waals surface area contributed by atoms with E-state index in [1.165, 1.54) is 54.6 Å². The highest BCUT2D eigenvalue weighted by Crippen LogP contribution is 2.29. The molecule has 3 aliphatic rings. The van der Waals surface area contributed by atoms with E-state index in [0.717, 1.165) is 82.5 Å². The molecule has 121 heavy (non-hydrogen) atoms. The molecular weight excluding hydrogens is 1700 g/mol. The number of fused-ring (bicyclic) bond motifs is 3. The van der Waals surface area contributed by atoms with Crippen LogP contribution in [0.4, 0.5) is 51.2 Å².